The first kappa shape index (κ1) is 23.6. The number of halogens is 2. The van der Waals surface area contributed by atoms with Gasteiger partial charge in [-0.2, -0.15) is 0 Å². The van der Waals surface area contributed by atoms with E-state index >= 15 is 0 Å². The quantitative estimate of drug-likeness (QED) is 0.322. The molecule has 7 heteroatoms. The van der Waals surface area contributed by atoms with Gasteiger partial charge in [0.05, 0.1) is 25.3 Å². The van der Waals surface area contributed by atoms with Crippen LogP contribution >= 0.6 is 0 Å². The number of aliphatic hydroxyl groups is 1. The van der Waals surface area contributed by atoms with Crippen LogP contribution in [0.1, 0.15) is 18.9 Å². The number of pyridine rings is 1. The number of ether oxygens (including phenoxy) is 1. The van der Waals surface area contributed by atoms with Gasteiger partial charge in [0.15, 0.2) is 0 Å². The molecule has 34 heavy (non-hydrogen) atoms. The molecule has 4 rings (SSSR count). The van der Waals surface area contributed by atoms with Gasteiger partial charge in [-0.3, -0.25) is 5.01 Å². The lowest BCUT2D eigenvalue weighted by Gasteiger charge is -2.28. The summed E-state index contributed by atoms with van der Waals surface area (Å²) in [5.74, 6) is -0.00818. The van der Waals surface area contributed by atoms with Crippen molar-refractivity contribution in [1.29, 1.82) is 0 Å². The number of para-hydroxylation sites is 1. The molecule has 1 atom stereocenters. The van der Waals surface area contributed by atoms with Gasteiger partial charge in [0.25, 0.3) is 0 Å². The molecule has 5 nitrogen and oxygen atoms in total. The van der Waals surface area contributed by atoms with Crippen molar-refractivity contribution in [3.8, 4) is 16.9 Å². The zero-order valence-electron chi connectivity index (χ0n) is 19.1. The molecule has 1 heterocycles. The minimum absolute atomic E-state index is 0.281. The summed E-state index contributed by atoms with van der Waals surface area (Å²) in [6, 6.07) is 20.4. The van der Waals surface area contributed by atoms with Crippen molar-refractivity contribution in [3.05, 3.63) is 90.0 Å². The van der Waals surface area contributed by atoms with Crippen LogP contribution in [-0.4, -0.2) is 29.8 Å². The maximum atomic E-state index is 14.0. The molecule has 0 spiro atoms. The number of anilines is 1. The van der Waals surface area contributed by atoms with Crippen molar-refractivity contribution in [3.63, 3.8) is 0 Å². The number of rotatable bonds is 9. The van der Waals surface area contributed by atoms with Crippen LogP contribution in [0, 0.1) is 11.6 Å². The molecule has 0 radical (unpaired) electrons. The smallest absolute Gasteiger partial charge is 0.144 e. The van der Waals surface area contributed by atoms with Crippen molar-refractivity contribution in [2.24, 2.45) is 0 Å². The first-order valence-electron chi connectivity index (χ1n) is 11.1. The minimum atomic E-state index is -0.646. The molecule has 0 bridgehead atoms. The molecular formula is C27H27F2N3O2. The van der Waals surface area contributed by atoms with Crippen LogP contribution in [0.5, 0.6) is 5.75 Å². The van der Waals surface area contributed by atoms with Crippen LogP contribution in [0.3, 0.4) is 0 Å². The van der Waals surface area contributed by atoms with E-state index < -0.39 is 17.7 Å². The summed E-state index contributed by atoms with van der Waals surface area (Å²) in [5, 5.41) is 13.0. The molecule has 4 aromatic rings. The zero-order chi connectivity index (χ0) is 24.1. The molecule has 0 amide bonds. The Balaban J connectivity index is 1.76. The predicted molar refractivity (Wildman–Crippen MR) is 131 cm³/mol. The van der Waals surface area contributed by atoms with Crippen molar-refractivity contribution in [2.45, 2.75) is 26.0 Å². The molecule has 0 saturated heterocycles. The predicted octanol–water partition coefficient (Wildman–Crippen LogP) is 5.47. The Morgan fingerprint density at radius 1 is 1.00 bits per heavy atom. The largest absolute Gasteiger partial charge is 0.497 e. The van der Waals surface area contributed by atoms with E-state index in [1.54, 1.807) is 18.2 Å². The third-order valence-corrected chi connectivity index (χ3v) is 5.63. The molecule has 1 aromatic heterocycles. The highest BCUT2D eigenvalue weighted by Crippen LogP contribution is 2.32. The number of nitrogens with one attached hydrogen (secondary N) is 1. The van der Waals surface area contributed by atoms with Gasteiger partial charge in [-0.25, -0.2) is 19.2 Å². The van der Waals surface area contributed by atoms with E-state index in [-0.39, 0.29) is 6.54 Å². The molecule has 176 valence electrons. The number of hydrogen-bond donors (Lipinski definition) is 2. The Bertz CT molecular complexity index is 1260. The average Bonchev–Trinajstić information content (AvgIpc) is 2.85. The van der Waals surface area contributed by atoms with Crippen molar-refractivity contribution < 1.29 is 18.6 Å². The molecule has 1 unspecified atom stereocenters. The van der Waals surface area contributed by atoms with Crippen LogP contribution < -0.4 is 15.2 Å². The Kier molecular flexibility index (Phi) is 7.35. The van der Waals surface area contributed by atoms with Crippen LogP contribution in [-0.2, 0) is 6.54 Å². The van der Waals surface area contributed by atoms with Gasteiger partial charge >= 0.3 is 0 Å². The second-order valence-corrected chi connectivity index (χ2v) is 8.06. The van der Waals surface area contributed by atoms with E-state index in [0.717, 1.165) is 22.8 Å². The monoisotopic (exact) mass is 463 g/mol. The second-order valence-electron chi connectivity index (χ2n) is 8.06. The topological polar surface area (TPSA) is 57.6 Å². The minimum Gasteiger partial charge on any atom is -0.497 e. The fourth-order valence-electron chi connectivity index (χ4n) is 3.80. The normalized spacial score (nSPS) is 12.0. The molecule has 0 aliphatic heterocycles. The molecular weight excluding hydrogens is 436 g/mol. The second kappa shape index (κ2) is 10.6. The third kappa shape index (κ3) is 5.50. The van der Waals surface area contributed by atoms with Crippen LogP contribution in [0.15, 0.2) is 72.8 Å². The molecule has 3 aromatic carbocycles. The summed E-state index contributed by atoms with van der Waals surface area (Å²) in [6.45, 7) is 2.65. The summed E-state index contributed by atoms with van der Waals surface area (Å²) in [5.41, 5.74) is 6.08. The third-order valence-electron chi connectivity index (χ3n) is 5.63. The number of hydrogen-bond acceptors (Lipinski definition) is 5. The van der Waals surface area contributed by atoms with Gasteiger partial charge < -0.3 is 9.84 Å². The lowest BCUT2D eigenvalue weighted by Crippen LogP contribution is -2.43. The summed E-state index contributed by atoms with van der Waals surface area (Å²) in [7, 11) is 1.62. The number of hydrazine groups is 1. The standard InChI is InChI=1S/C27H27F2N3O2/c1-3-22(33)17-32(30-16-18-7-6-8-23(11-18)34-2)27-15-25(19-12-20(28)14-21(29)13-19)24-9-4-5-10-26(24)31-27/h4-15,22,30,33H,3,16-17H2,1-2H3. The Morgan fingerprint density at radius 2 is 1.76 bits per heavy atom. The molecule has 2 N–H and O–H groups in total. The summed E-state index contributed by atoms with van der Waals surface area (Å²) < 4.78 is 33.4. The van der Waals surface area contributed by atoms with E-state index in [1.807, 2.05) is 55.5 Å². The molecule has 0 fully saturated rings. The first-order valence-corrected chi connectivity index (χ1v) is 11.1. The van der Waals surface area contributed by atoms with E-state index in [2.05, 4.69) is 5.43 Å². The maximum absolute atomic E-state index is 14.0. The highest BCUT2D eigenvalue weighted by molar-refractivity contribution is 5.96. The van der Waals surface area contributed by atoms with E-state index in [0.29, 0.717) is 35.4 Å². The Hall–Kier alpha value is -3.55. The number of aromatic nitrogens is 1. The Labute approximate surface area is 197 Å². The van der Waals surface area contributed by atoms with Crippen molar-refractivity contribution in [2.75, 3.05) is 18.7 Å². The lowest BCUT2D eigenvalue weighted by molar-refractivity contribution is 0.172. The van der Waals surface area contributed by atoms with Gasteiger partial charge in [0.1, 0.15) is 23.2 Å². The fraction of sp³-hybridized carbons (Fsp3) is 0.222. The van der Waals surface area contributed by atoms with Gasteiger partial charge in [0.2, 0.25) is 0 Å². The van der Waals surface area contributed by atoms with Gasteiger partial charge in [-0.05, 0) is 59.5 Å². The summed E-state index contributed by atoms with van der Waals surface area (Å²) >= 11 is 0. The van der Waals surface area contributed by atoms with Gasteiger partial charge in [0, 0.05) is 18.0 Å². The van der Waals surface area contributed by atoms with Crippen LogP contribution in [0.2, 0.25) is 0 Å². The number of aliphatic hydroxyl groups excluding tert-OH is 1. The number of methoxy groups -OCH3 is 1. The molecule has 0 aliphatic carbocycles. The highest BCUT2D eigenvalue weighted by Gasteiger charge is 2.17. The summed E-state index contributed by atoms with van der Waals surface area (Å²) in [6.07, 6.45) is -0.0338. The molecule has 0 aliphatic rings. The molecule has 0 saturated carbocycles. The maximum Gasteiger partial charge on any atom is 0.144 e. The summed E-state index contributed by atoms with van der Waals surface area (Å²) in [4.78, 5) is 4.78. The average molecular weight is 464 g/mol. The van der Waals surface area contributed by atoms with Gasteiger partial charge in [-0.15, -0.1) is 0 Å². The fourth-order valence-corrected chi connectivity index (χ4v) is 3.80. The van der Waals surface area contributed by atoms with Gasteiger partial charge in [-0.1, -0.05) is 37.3 Å². The first-order chi connectivity index (χ1) is 16.5. The SMILES string of the molecule is CCC(O)CN(NCc1cccc(OC)c1)c1cc(-c2cc(F)cc(F)c2)c2ccccc2n1. The Morgan fingerprint density at radius 3 is 2.50 bits per heavy atom. The van der Waals surface area contributed by atoms with Crippen LogP contribution in [0.25, 0.3) is 22.0 Å². The number of benzene rings is 3. The zero-order valence-corrected chi connectivity index (χ0v) is 19.1. The lowest BCUT2D eigenvalue weighted by atomic mass is 10.0. The number of fused-ring (bicyclic) bond motifs is 1. The van der Waals surface area contributed by atoms with Crippen LogP contribution in [0.4, 0.5) is 14.6 Å². The van der Waals surface area contributed by atoms with E-state index in [9.17, 15) is 13.9 Å². The highest BCUT2D eigenvalue weighted by atomic mass is 19.1. The van der Waals surface area contributed by atoms with Crippen molar-refractivity contribution in [1.82, 2.24) is 10.4 Å². The number of nitrogens with zero attached hydrogens (tertiary/aromatic N) is 2. The van der Waals surface area contributed by atoms with E-state index in [1.165, 1.54) is 12.1 Å². The van der Waals surface area contributed by atoms with E-state index in [4.69, 9.17) is 9.72 Å². The van der Waals surface area contributed by atoms with Crippen molar-refractivity contribution >= 4 is 16.7 Å².